The van der Waals surface area contributed by atoms with Crippen LogP contribution in [0.4, 0.5) is 4.79 Å². The average Bonchev–Trinajstić information content (AvgIpc) is 2.77. The van der Waals surface area contributed by atoms with Crippen molar-refractivity contribution in [1.29, 1.82) is 0 Å². The van der Waals surface area contributed by atoms with E-state index in [-0.39, 0.29) is 11.7 Å². The standard InChI is InChI=1S/C29H50N2O5S/c1-10-23(6)25(31-28(35)36-29(7,8)9)26(32)30-24(27(33)34)19-37-18-17-22(5)16-12-15-21(4)14-11-13-20(2)3/h13,15,17,23-25H,10-12,14,16,18-19H2,1-9H3,(H,30,32)(H,31,35)(H,33,34)/b21-15+,22-17+/t23?,24-,25-/m0/s1. The molecule has 8 heteroatoms. The lowest BCUT2D eigenvalue weighted by atomic mass is 9.98. The maximum atomic E-state index is 12.9. The molecule has 0 fully saturated rings. The zero-order valence-corrected chi connectivity index (χ0v) is 25.2. The minimum absolute atomic E-state index is 0.190. The lowest BCUT2D eigenvalue weighted by Gasteiger charge is -2.27. The average molecular weight is 539 g/mol. The summed E-state index contributed by atoms with van der Waals surface area (Å²) in [6, 6.07) is -1.93. The number of nitrogens with one attached hydrogen (secondary N) is 2. The maximum Gasteiger partial charge on any atom is 0.408 e. The predicted molar refractivity (Wildman–Crippen MR) is 155 cm³/mol. The normalized spacial score (nSPS) is 14.8. The van der Waals surface area contributed by atoms with Gasteiger partial charge < -0.3 is 20.5 Å². The monoisotopic (exact) mass is 538 g/mol. The highest BCUT2D eigenvalue weighted by Crippen LogP contribution is 2.14. The summed E-state index contributed by atoms with van der Waals surface area (Å²) in [4.78, 5) is 36.9. The highest BCUT2D eigenvalue weighted by atomic mass is 32.2. The number of allylic oxidation sites excluding steroid dienone is 5. The molecule has 37 heavy (non-hydrogen) atoms. The van der Waals surface area contributed by atoms with Crippen molar-refractivity contribution in [3.8, 4) is 0 Å². The van der Waals surface area contributed by atoms with Gasteiger partial charge >= 0.3 is 12.1 Å². The van der Waals surface area contributed by atoms with Crippen LogP contribution < -0.4 is 10.6 Å². The van der Waals surface area contributed by atoms with Crippen LogP contribution >= 0.6 is 11.8 Å². The minimum atomic E-state index is -1.10. The Kier molecular flexibility index (Phi) is 17.0. The molecule has 0 saturated carbocycles. The summed E-state index contributed by atoms with van der Waals surface area (Å²) in [5, 5.41) is 14.8. The zero-order valence-electron chi connectivity index (χ0n) is 24.4. The van der Waals surface area contributed by atoms with Gasteiger partial charge in [0.25, 0.3) is 0 Å². The number of alkyl carbamates (subject to hydrolysis) is 1. The third-order valence-electron chi connectivity index (χ3n) is 5.74. The van der Waals surface area contributed by atoms with Gasteiger partial charge in [-0.2, -0.15) is 11.8 Å². The maximum absolute atomic E-state index is 12.9. The van der Waals surface area contributed by atoms with Crippen molar-refractivity contribution in [2.75, 3.05) is 11.5 Å². The number of carboxylic acids is 1. The Morgan fingerprint density at radius 2 is 1.51 bits per heavy atom. The first-order valence-electron chi connectivity index (χ1n) is 13.2. The number of rotatable bonds is 16. The molecular formula is C29H50N2O5S. The molecule has 0 aromatic heterocycles. The predicted octanol–water partition coefficient (Wildman–Crippen LogP) is 6.65. The van der Waals surface area contributed by atoms with E-state index in [4.69, 9.17) is 4.74 Å². The number of hydrogen-bond donors (Lipinski definition) is 3. The van der Waals surface area contributed by atoms with Crippen LogP contribution in [0, 0.1) is 5.92 Å². The number of hydrogen-bond acceptors (Lipinski definition) is 5. The number of ether oxygens (including phenoxy) is 1. The van der Waals surface area contributed by atoms with Crippen molar-refractivity contribution in [3.63, 3.8) is 0 Å². The van der Waals surface area contributed by atoms with Gasteiger partial charge in [0.2, 0.25) is 5.91 Å². The summed E-state index contributed by atoms with van der Waals surface area (Å²) in [5.41, 5.74) is 3.31. The number of aliphatic carboxylic acids is 1. The van der Waals surface area contributed by atoms with Crippen molar-refractivity contribution in [3.05, 3.63) is 34.9 Å². The third kappa shape index (κ3) is 17.8. The van der Waals surface area contributed by atoms with E-state index in [1.54, 1.807) is 20.8 Å². The van der Waals surface area contributed by atoms with Gasteiger partial charge in [-0.1, -0.05) is 55.2 Å². The molecule has 0 aliphatic rings. The van der Waals surface area contributed by atoms with Crippen LogP contribution in [0.3, 0.4) is 0 Å². The van der Waals surface area contributed by atoms with Crippen LogP contribution in [0.25, 0.3) is 0 Å². The molecule has 0 aliphatic carbocycles. The zero-order chi connectivity index (χ0) is 28.6. The van der Waals surface area contributed by atoms with Crippen LogP contribution in [0.15, 0.2) is 34.9 Å². The number of carboxylic acid groups (broad SMARTS) is 1. The summed E-state index contributed by atoms with van der Waals surface area (Å²) in [5.74, 6) is -0.916. The highest BCUT2D eigenvalue weighted by Gasteiger charge is 2.31. The van der Waals surface area contributed by atoms with Gasteiger partial charge in [-0.25, -0.2) is 9.59 Å². The van der Waals surface area contributed by atoms with E-state index in [1.165, 1.54) is 28.5 Å². The summed E-state index contributed by atoms with van der Waals surface area (Å²) in [6.45, 7) is 17.4. The van der Waals surface area contributed by atoms with Gasteiger partial charge in [0, 0.05) is 11.5 Å². The Bertz CT molecular complexity index is 823. The van der Waals surface area contributed by atoms with E-state index in [1.807, 2.05) is 13.8 Å². The number of thioether (sulfide) groups is 1. The molecule has 2 amide bonds. The van der Waals surface area contributed by atoms with E-state index in [9.17, 15) is 19.5 Å². The lowest BCUT2D eigenvalue weighted by molar-refractivity contribution is -0.141. The van der Waals surface area contributed by atoms with Crippen LogP contribution in [0.1, 0.15) is 94.4 Å². The largest absolute Gasteiger partial charge is 0.480 e. The molecule has 3 N–H and O–H groups in total. The Labute approximate surface area is 229 Å². The first-order valence-corrected chi connectivity index (χ1v) is 14.4. The summed E-state index contributed by atoms with van der Waals surface area (Å²) >= 11 is 1.46. The van der Waals surface area contributed by atoms with E-state index in [0.717, 1.165) is 25.7 Å². The fourth-order valence-electron chi connectivity index (χ4n) is 3.30. The lowest BCUT2D eigenvalue weighted by Crippen LogP contribution is -2.55. The van der Waals surface area contributed by atoms with Gasteiger partial charge in [-0.15, -0.1) is 0 Å². The molecule has 0 rings (SSSR count). The summed E-state index contributed by atoms with van der Waals surface area (Å²) in [6.07, 6.45) is 10.7. The van der Waals surface area contributed by atoms with E-state index in [2.05, 4.69) is 56.6 Å². The number of carbonyl (C=O) groups is 3. The van der Waals surface area contributed by atoms with Gasteiger partial charge in [0.1, 0.15) is 17.7 Å². The van der Waals surface area contributed by atoms with Gasteiger partial charge in [-0.05, 0) is 80.1 Å². The molecule has 0 aromatic carbocycles. The Balaban J connectivity index is 4.79. The molecule has 0 bridgehead atoms. The molecule has 0 saturated heterocycles. The van der Waals surface area contributed by atoms with Crippen molar-refractivity contribution in [2.45, 2.75) is 112 Å². The SMILES string of the molecule is CCC(C)[C@H](NC(=O)OC(C)(C)C)C(=O)N[C@@H](CSC/C=C(\C)CC/C=C(\C)CCC=C(C)C)C(=O)O. The molecule has 0 spiro atoms. The second kappa shape index (κ2) is 18.1. The van der Waals surface area contributed by atoms with Crippen LogP contribution in [-0.2, 0) is 14.3 Å². The van der Waals surface area contributed by atoms with Gasteiger partial charge in [0.15, 0.2) is 0 Å². The van der Waals surface area contributed by atoms with E-state index >= 15 is 0 Å². The van der Waals surface area contributed by atoms with Crippen LogP contribution in [-0.4, -0.2) is 52.3 Å². The second-order valence-electron chi connectivity index (χ2n) is 10.9. The Morgan fingerprint density at radius 1 is 0.946 bits per heavy atom. The van der Waals surface area contributed by atoms with E-state index < -0.39 is 35.7 Å². The fraction of sp³-hybridized carbons (Fsp3) is 0.690. The second-order valence-corrected chi connectivity index (χ2v) is 12.0. The quantitative estimate of drug-likeness (QED) is 0.150. The molecule has 1 unspecified atom stereocenters. The van der Waals surface area contributed by atoms with Crippen molar-refractivity contribution in [1.82, 2.24) is 10.6 Å². The minimum Gasteiger partial charge on any atom is -0.480 e. The van der Waals surface area contributed by atoms with Crippen molar-refractivity contribution in [2.24, 2.45) is 5.92 Å². The first kappa shape index (κ1) is 34.8. The molecule has 212 valence electrons. The first-order chi connectivity index (χ1) is 17.2. The van der Waals surface area contributed by atoms with Crippen LogP contribution in [0.2, 0.25) is 0 Å². The smallest absolute Gasteiger partial charge is 0.408 e. The molecule has 0 aliphatic heterocycles. The third-order valence-corrected chi connectivity index (χ3v) is 6.71. The molecular weight excluding hydrogens is 488 g/mol. The van der Waals surface area contributed by atoms with Crippen LogP contribution in [0.5, 0.6) is 0 Å². The number of carbonyl (C=O) groups excluding carboxylic acids is 2. The molecule has 0 radical (unpaired) electrons. The number of amides is 2. The Hall–Kier alpha value is -2.22. The summed E-state index contributed by atoms with van der Waals surface area (Å²) < 4.78 is 5.27. The van der Waals surface area contributed by atoms with Gasteiger partial charge in [0.05, 0.1) is 0 Å². The topological polar surface area (TPSA) is 105 Å². The van der Waals surface area contributed by atoms with Crippen molar-refractivity contribution < 1.29 is 24.2 Å². The summed E-state index contributed by atoms with van der Waals surface area (Å²) in [7, 11) is 0. The van der Waals surface area contributed by atoms with E-state index in [0.29, 0.717) is 12.2 Å². The van der Waals surface area contributed by atoms with Crippen molar-refractivity contribution >= 4 is 29.7 Å². The molecule has 0 aromatic rings. The van der Waals surface area contributed by atoms with Gasteiger partial charge in [-0.3, -0.25) is 4.79 Å². The fourth-order valence-corrected chi connectivity index (χ4v) is 4.30. The molecule has 7 nitrogen and oxygen atoms in total. The molecule has 0 heterocycles. The Morgan fingerprint density at radius 3 is 2.03 bits per heavy atom. The molecule has 3 atom stereocenters. The highest BCUT2D eigenvalue weighted by molar-refractivity contribution is 7.99.